The number of carbonyl (C=O) groups is 1. The summed E-state index contributed by atoms with van der Waals surface area (Å²) in [5.74, 6) is 0.346. The molecule has 1 N–H and O–H groups in total. The minimum atomic E-state index is -3.39. The first-order valence-corrected chi connectivity index (χ1v) is 11.3. The standard InChI is InChI=1S/C23H19N3O4S/c1-31(28,29)23-13-12-21(25-26-23)17-6-9-19(10-7-17)24-22(27)15-30-20-11-8-16-4-2-3-5-18(16)14-20/h2-14H,15H2,1H3,(H,24,27). The number of sulfone groups is 1. The van der Waals surface area contributed by atoms with Gasteiger partial charge in [-0.3, -0.25) is 4.79 Å². The Morgan fingerprint density at radius 3 is 2.32 bits per heavy atom. The van der Waals surface area contributed by atoms with Gasteiger partial charge in [-0.1, -0.05) is 42.5 Å². The summed E-state index contributed by atoms with van der Waals surface area (Å²) in [5, 5.41) is 12.6. The first-order chi connectivity index (χ1) is 14.9. The average molecular weight is 433 g/mol. The Hall–Kier alpha value is -3.78. The van der Waals surface area contributed by atoms with Crippen LogP contribution in [0.2, 0.25) is 0 Å². The van der Waals surface area contributed by atoms with Gasteiger partial charge in [-0.15, -0.1) is 10.2 Å². The lowest BCUT2D eigenvalue weighted by atomic mass is 10.1. The zero-order valence-corrected chi connectivity index (χ0v) is 17.5. The molecule has 1 amide bonds. The smallest absolute Gasteiger partial charge is 0.262 e. The highest BCUT2D eigenvalue weighted by Crippen LogP contribution is 2.21. The molecule has 31 heavy (non-hydrogen) atoms. The summed E-state index contributed by atoms with van der Waals surface area (Å²) in [6, 6.07) is 23.6. The van der Waals surface area contributed by atoms with Crippen LogP contribution in [0.25, 0.3) is 22.0 Å². The number of hydrogen-bond donors (Lipinski definition) is 1. The van der Waals surface area contributed by atoms with Crippen LogP contribution in [0.15, 0.2) is 83.9 Å². The third kappa shape index (κ3) is 5.04. The predicted molar refractivity (Wildman–Crippen MR) is 119 cm³/mol. The summed E-state index contributed by atoms with van der Waals surface area (Å²) < 4.78 is 28.6. The van der Waals surface area contributed by atoms with Crippen molar-refractivity contribution in [3.63, 3.8) is 0 Å². The summed E-state index contributed by atoms with van der Waals surface area (Å²) in [7, 11) is -3.39. The van der Waals surface area contributed by atoms with Crippen molar-refractivity contribution in [2.24, 2.45) is 0 Å². The molecular formula is C23H19N3O4S. The van der Waals surface area contributed by atoms with Crippen LogP contribution < -0.4 is 10.1 Å². The molecule has 156 valence electrons. The van der Waals surface area contributed by atoms with Gasteiger partial charge in [0.25, 0.3) is 5.91 Å². The summed E-state index contributed by atoms with van der Waals surface area (Å²) in [6.07, 6.45) is 1.08. The maximum Gasteiger partial charge on any atom is 0.262 e. The molecule has 0 atom stereocenters. The zero-order valence-electron chi connectivity index (χ0n) is 16.6. The van der Waals surface area contributed by atoms with E-state index in [0.717, 1.165) is 22.6 Å². The molecule has 0 aliphatic heterocycles. The van der Waals surface area contributed by atoms with Crippen molar-refractivity contribution < 1.29 is 17.9 Å². The summed E-state index contributed by atoms with van der Waals surface area (Å²) in [4.78, 5) is 12.2. The van der Waals surface area contributed by atoms with Gasteiger partial charge in [-0.05, 0) is 47.2 Å². The first kappa shape index (κ1) is 20.5. The highest BCUT2D eigenvalue weighted by molar-refractivity contribution is 7.90. The Bertz CT molecular complexity index is 1340. The summed E-state index contributed by atoms with van der Waals surface area (Å²) in [5.41, 5.74) is 1.89. The van der Waals surface area contributed by atoms with Crippen LogP contribution in [0.5, 0.6) is 5.75 Å². The van der Waals surface area contributed by atoms with E-state index in [2.05, 4.69) is 15.5 Å². The van der Waals surface area contributed by atoms with Crippen molar-refractivity contribution in [1.29, 1.82) is 0 Å². The Kier molecular flexibility index (Phi) is 5.64. The molecule has 0 saturated heterocycles. The fourth-order valence-electron chi connectivity index (χ4n) is 3.00. The normalized spacial score (nSPS) is 11.3. The van der Waals surface area contributed by atoms with E-state index in [-0.39, 0.29) is 17.5 Å². The number of anilines is 1. The second kappa shape index (κ2) is 8.53. The Labute approximate surface area is 179 Å². The van der Waals surface area contributed by atoms with Crippen LogP contribution >= 0.6 is 0 Å². The van der Waals surface area contributed by atoms with E-state index in [1.807, 2.05) is 42.5 Å². The minimum absolute atomic E-state index is 0.0773. The lowest BCUT2D eigenvalue weighted by Gasteiger charge is -2.09. The number of aromatic nitrogens is 2. The van der Waals surface area contributed by atoms with Crippen LogP contribution in [-0.2, 0) is 14.6 Å². The molecular weight excluding hydrogens is 414 g/mol. The number of hydrogen-bond acceptors (Lipinski definition) is 6. The van der Waals surface area contributed by atoms with Gasteiger partial charge in [-0.2, -0.15) is 0 Å². The Morgan fingerprint density at radius 2 is 1.65 bits per heavy atom. The molecule has 0 aliphatic rings. The third-order valence-corrected chi connectivity index (χ3v) is 5.55. The quantitative estimate of drug-likeness (QED) is 0.498. The number of amides is 1. The molecule has 1 aromatic heterocycles. The van der Waals surface area contributed by atoms with E-state index in [1.54, 1.807) is 30.3 Å². The third-order valence-electron chi connectivity index (χ3n) is 4.58. The largest absolute Gasteiger partial charge is 0.484 e. The van der Waals surface area contributed by atoms with E-state index in [0.29, 0.717) is 17.1 Å². The number of rotatable bonds is 6. The van der Waals surface area contributed by atoms with Crippen LogP contribution in [0.1, 0.15) is 0 Å². The lowest BCUT2D eigenvalue weighted by Crippen LogP contribution is -2.20. The van der Waals surface area contributed by atoms with Crippen molar-refractivity contribution in [3.8, 4) is 17.0 Å². The van der Waals surface area contributed by atoms with E-state index >= 15 is 0 Å². The van der Waals surface area contributed by atoms with Gasteiger partial charge in [0, 0.05) is 17.5 Å². The lowest BCUT2D eigenvalue weighted by molar-refractivity contribution is -0.118. The fourth-order valence-corrected chi connectivity index (χ4v) is 3.50. The molecule has 0 spiro atoms. The van der Waals surface area contributed by atoms with E-state index in [9.17, 15) is 13.2 Å². The molecule has 3 aromatic carbocycles. The molecule has 7 nitrogen and oxygen atoms in total. The van der Waals surface area contributed by atoms with Crippen molar-refractivity contribution >= 4 is 32.2 Å². The van der Waals surface area contributed by atoms with Gasteiger partial charge in [-0.25, -0.2) is 8.42 Å². The molecule has 0 radical (unpaired) electrons. The number of ether oxygens (including phenoxy) is 1. The van der Waals surface area contributed by atoms with Crippen LogP contribution in [0.3, 0.4) is 0 Å². The van der Waals surface area contributed by atoms with Crippen molar-refractivity contribution in [1.82, 2.24) is 10.2 Å². The minimum Gasteiger partial charge on any atom is -0.484 e. The van der Waals surface area contributed by atoms with Gasteiger partial charge < -0.3 is 10.1 Å². The van der Waals surface area contributed by atoms with Gasteiger partial charge >= 0.3 is 0 Å². The molecule has 8 heteroatoms. The monoisotopic (exact) mass is 433 g/mol. The molecule has 0 aliphatic carbocycles. The molecule has 0 saturated carbocycles. The second-order valence-electron chi connectivity index (χ2n) is 6.95. The molecule has 0 bridgehead atoms. The van der Waals surface area contributed by atoms with Crippen LogP contribution in [0.4, 0.5) is 5.69 Å². The van der Waals surface area contributed by atoms with Gasteiger partial charge in [0.2, 0.25) is 0 Å². The molecule has 0 unspecified atom stereocenters. The van der Waals surface area contributed by atoms with Crippen LogP contribution in [-0.4, -0.2) is 37.4 Å². The zero-order chi connectivity index (χ0) is 21.8. The molecule has 1 heterocycles. The van der Waals surface area contributed by atoms with Crippen molar-refractivity contribution in [2.75, 3.05) is 18.2 Å². The van der Waals surface area contributed by atoms with E-state index in [4.69, 9.17) is 4.74 Å². The highest BCUT2D eigenvalue weighted by atomic mass is 32.2. The van der Waals surface area contributed by atoms with Gasteiger partial charge in [0.1, 0.15) is 5.75 Å². The van der Waals surface area contributed by atoms with Crippen molar-refractivity contribution in [2.45, 2.75) is 5.03 Å². The van der Waals surface area contributed by atoms with E-state index in [1.165, 1.54) is 6.07 Å². The number of carbonyl (C=O) groups excluding carboxylic acids is 1. The molecule has 4 aromatic rings. The SMILES string of the molecule is CS(=O)(=O)c1ccc(-c2ccc(NC(=O)COc3ccc4ccccc4c3)cc2)nn1. The predicted octanol–water partition coefficient (Wildman–Crippen LogP) is 3.72. The molecule has 0 fully saturated rings. The number of nitrogens with zero attached hydrogens (tertiary/aromatic N) is 2. The van der Waals surface area contributed by atoms with E-state index < -0.39 is 9.84 Å². The fraction of sp³-hybridized carbons (Fsp3) is 0.0870. The number of nitrogens with one attached hydrogen (secondary N) is 1. The van der Waals surface area contributed by atoms with Gasteiger partial charge in [0.05, 0.1) is 5.69 Å². The highest BCUT2D eigenvalue weighted by Gasteiger charge is 2.10. The molecule has 4 rings (SSSR count). The average Bonchev–Trinajstić information content (AvgIpc) is 2.77. The second-order valence-corrected chi connectivity index (χ2v) is 8.91. The van der Waals surface area contributed by atoms with Crippen molar-refractivity contribution in [3.05, 3.63) is 78.9 Å². The number of benzene rings is 3. The Morgan fingerprint density at radius 1 is 0.903 bits per heavy atom. The maximum atomic E-state index is 12.2. The van der Waals surface area contributed by atoms with Crippen LogP contribution in [0, 0.1) is 0 Å². The first-order valence-electron chi connectivity index (χ1n) is 9.44. The maximum absolute atomic E-state index is 12.2. The summed E-state index contributed by atoms with van der Waals surface area (Å²) in [6.45, 7) is -0.113. The summed E-state index contributed by atoms with van der Waals surface area (Å²) >= 11 is 0. The Balaban J connectivity index is 1.36. The van der Waals surface area contributed by atoms with Gasteiger partial charge in [0.15, 0.2) is 21.5 Å². The topological polar surface area (TPSA) is 98.2 Å². The number of fused-ring (bicyclic) bond motifs is 1.